The lowest BCUT2D eigenvalue weighted by Crippen LogP contribution is -2.37. The van der Waals surface area contributed by atoms with Gasteiger partial charge in [-0.25, -0.2) is 8.42 Å². The minimum atomic E-state index is -3.52. The molecule has 7 heteroatoms. The van der Waals surface area contributed by atoms with Crippen LogP contribution < -0.4 is 5.32 Å². The first kappa shape index (κ1) is 18.4. The molecular formula is C17H19ClN2O3S. The molecule has 0 saturated carbocycles. The van der Waals surface area contributed by atoms with Crippen molar-refractivity contribution in [2.75, 3.05) is 18.1 Å². The van der Waals surface area contributed by atoms with E-state index >= 15 is 0 Å². The molecule has 0 spiro atoms. The summed E-state index contributed by atoms with van der Waals surface area (Å²) in [4.78, 5) is 12.2. The highest BCUT2D eigenvalue weighted by molar-refractivity contribution is 7.88. The predicted octanol–water partition coefficient (Wildman–Crippen LogP) is 3.05. The predicted molar refractivity (Wildman–Crippen MR) is 96.5 cm³/mol. The first-order valence-corrected chi connectivity index (χ1v) is 9.53. The van der Waals surface area contributed by atoms with Crippen LogP contribution in [0.3, 0.4) is 0 Å². The number of hydrogen-bond acceptors (Lipinski definition) is 3. The molecule has 0 aliphatic rings. The molecule has 0 aliphatic carbocycles. The summed E-state index contributed by atoms with van der Waals surface area (Å²) in [7, 11) is -3.52. The Labute approximate surface area is 147 Å². The van der Waals surface area contributed by atoms with E-state index in [0.717, 1.165) is 21.7 Å². The molecule has 1 amide bonds. The highest BCUT2D eigenvalue weighted by Gasteiger charge is 2.20. The molecular weight excluding hydrogens is 348 g/mol. The number of amides is 1. The Kier molecular flexibility index (Phi) is 5.99. The number of rotatable bonds is 6. The maximum atomic E-state index is 12.2. The van der Waals surface area contributed by atoms with E-state index in [1.807, 2.05) is 37.3 Å². The van der Waals surface area contributed by atoms with Crippen LogP contribution in [0, 0.1) is 6.92 Å². The van der Waals surface area contributed by atoms with Crippen LogP contribution in [0.4, 0.5) is 5.69 Å². The lowest BCUT2D eigenvalue weighted by molar-refractivity contribution is -0.116. The topological polar surface area (TPSA) is 66.5 Å². The van der Waals surface area contributed by atoms with Crippen molar-refractivity contribution in [1.82, 2.24) is 4.31 Å². The third kappa shape index (κ3) is 5.33. The van der Waals surface area contributed by atoms with Gasteiger partial charge in [-0.1, -0.05) is 41.9 Å². The van der Waals surface area contributed by atoms with Gasteiger partial charge in [0, 0.05) is 17.3 Å². The van der Waals surface area contributed by atoms with Crippen LogP contribution >= 0.6 is 11.6 Å². The highest BCUT2D eigenvalue weighted by Crippen LogP contribution is 2.19. The first-order valence-electron chi connectivity index (χ1n) is 7.31. The molecule has 0 unspecified atom stereocenters. The van der Waals surface area contributed by atoms with E-state index in [9.17, 15) is 13.2 Å². The van der Waals surface area contributed by atoms with E-state index in [2.05, 4.69) is 5.32 Å². The number of nitrogens with zero attached hydrogens (tertiary/aromatic N) is 1. The average Bonchev–Trinajstić information content (AvgIpc) is 2.49. The monoisotopic (exact) mass is 366 g/mol. The fraction of sp³-hybridized carbons (Fsp3) is 0.235. The third-order valence-corrected chi connectivity index (χ3v) is 4.88. The maximum Gasteiger partial charge on any atom is 0.239 e. The van der Waals surface area contributed by atoms with E-state index < -0.39 is 15.9 Å². The van der Waals surface area contributed by atoms with E-state index in [4.69, 9.17) is 11.6 Å². The number of hydrogen-bond donors (Lipinski definition) is 1. The highest BCUT2D eigenvalue weighted by atomic mass is 35.5. The zero-order valence-electron chi connectivity index (χ0n) is 13.5. The van der Waals surface area contributed by atoms with Gasteiger partial charge < -0.3 is 5.32 Å². The van der Waals surface area contributed by atoms with Crippen molar-refractivity contribution in [2.45, 2.75) is 13.5 Å². The molecule has 24 heavy (non-hydrogen) atoms. The molecule has 2 aromatic rings. The van der Waals surface area contributed by atoms with Crippen molar-refractivity contribution >= 4 is 33.2 Å². The molecule has 0 atom stereocenters. The van der Waals surface area contributed by atoms with Gasteiger partial charge in [0.25, 0.3) is 0 Å². The second kappa shape index (κ2) is 7.79. The molecule has 0 radical (unpaired) electrons. The summed E-state index contributed by atoms with van der Waals surface area (Å²) < 4.78 is 25.1. The van der Waals surface area contributed by atoms with Crippen LogP contribution in [0.2, 0.25) is 5.02 Å². The minimum Gasteiger partial charge on any atom is -0.325 e. The van der Waals surface area contributed by atoms with Crippen LogP contribution in [0.25, 0.3) is 0 Å². The van der Waals surface area contributed by atoms with Gasteiger partial charge >= 0.3 is 0 Å². The fourth-order valence-electron chi connectivity index (χ4n) is 2.19. The molecule has 2 rings (SSSR count). The van der Waals surface area contributed by atoms with Crippen LogP contribution in [-0.4, -0.2) is 31.4 Å². The summed E-state index contributed by atoms with van der Waals surface area (Å²) >= 11 is 5.89. The number of anilines is 1. The Morgan fingerprint density at radius 3 is 2.42 bits per heavy atom. The number of nitrogens with one attached hydrogen (secondary N) is 1. The molecule has 5 nitrogen and oxygen atoms in total. The maximum absolute atomic E-state index is 12.2. The second-order valence-electron chi connectivity index (χ2n) is 5.52. The summed E-state index contributed by atoms with van der Waals surface area (Å²) in [5.74, 6) is -0.401. The first-order chi connectivity index (χ1) is 11.3. The Bertz CT molecular complexity index is 823. The van der Waals surface area contributed by atoms with E-state index in [1.165, 1.54) is 0 Å². The van der Waals surface area contributed by atoms with Gasteiger partial charge in [-0.05, 0) is 36.2 Å². The molecule has 0 heterocycles. The lowest BCUT2D eigenvalue weighted by atomic mass is 10.2. The minimum absolute atomic E-state index is 0.146. The van der Waals surface area contributed by atoms with Crippen molar-refractivity contribution in [1.29, 1.82) is 0 Å². The quantitative estimate of drug-likeness (QED) is 0.854. The van der Waals surface area contributed by atoms with Crippen LogP contribution in [-0.2, 0) is 21.4 Å². The summed E-state index contributed by atoms with van der Waals surface area (Å²) in [5, 5.41) is 3.30. The number of halogens is 1. The Hall–Kier alpha value is -1.89. The summed E-state index contributed by atoms with van der Waals surface area (Å²) in [6, 6.07) is 14.2. The molecule has 128 valence electrons. The van der Waals surface area contributed by atoms with Gasteiger partial charge in [-0.15, -0.1) is 0 Å². The summed E-state index contributed by atoms with van der Waals surface area (Å²) in [6.07, 6.45) is 1.09. The average molecular weight is 367 g/mol. The lowest BCUT2D eigenvalue weighted by Gasteiger charge is -2.20. The molecule has 0 bridgehead atoms. The zero-order valence-corrected chi connectivity index (χ0v) is 15.1. The van der Waals surface area contributed by atoms with Gasteiger partial charge in [0.2, 0.25) is 15.9 Å². The zero-order chi connectivity index (χ0) is 17.7. The Morgan fingerprint density at radius 2 is 1.83 bits per heavy atom. The SMILES string of the molecule is Cc1cc(Cl)ccc1NC(=O)CN(Cc1ccccc1)S(C)(=O)=O. The number of carbonyl (C=O) groups is 1. The summed E-state index contributed by atoms with van der Waals surface area (Å²) in [5.41, 5.74) is 2.24. The smallest absolute Gasteiger partial charge is 0.239 e. The third-order valence-electron chi connectivity index (χ3n) is 3.45. The van der Waals surface area contributed by atoms with E-state index in [-0.39, 0.29) is 13.1 Å². The van der Waals surface area contributed by atoms with Gasteiger partial charge in [0.1, 0.15) is 0 Å². The second-order valence-corrected chi connectivity index (χ2v) is 7.94. The van der Waals surface area contributed by atoms with E-state index in [1.54, 1.807) is 18.2 Å². The molecule has 0 saturated heterocycles. The van der Waals surface area contributed by atoms with Crippen molar-refractivity contribution in [3.63, 3.8) is 0 Å². The van der Waals surface area contributed by atoms with Crippen LogP contribution in [0.15, 0.2) is 48.5 Å². The fourth-order valence-corrected chi connectivity index (χ4v) is 3.16. The number of carbonyl (C=O) groups excluding carboxylic acids is 1. The van der Waals surface area contributed by atoms with Gasteiger partial charge in [-0.3, -0.25) is 4.79 Å². The van der Waals surface area contributed by atoms with Crippen molar-refractivity contribution < 1.29 is 13.2 Å². The van der Waals surface area contributed by atoms with Gasteiger partial charge in [-0.2, -0.15) is 4.31 Å². The molecule has 0 aliphatic heterocycles. The Balaban J connectivity index is 2.10. The van der Waals surface area contributed by atoms with Gasteiger partial charge in [0.05, 0.1) is 12.8 Å². The summed E-state index contributed by atoms with van der Waals surface area (Å²) in [6.45, 7) is 1.71. The molecule has 2 aromatic carbocycles. The van der Waals surface area contributed by atoms with Crippen molar-refractivity contribution in [3.8, 4) is 0 Å². The molecule has 1 N–H and O–H groups in total. The number of sulfonamides is 1. The van der Waals surface area contributed by atoms with Crippen LogP contribution in [0.1, 0.15) is 11.1 Å². The number of aryl methyl sites for hydroxylation is 1. The molecule has 0 fully saturated rings. The largest absolute Gasteiger partial charge is 0.325 e. The molecule has 0 aromatic heterocycles. The van der Waals surface area contributed by atoms with Gasteiger partial charge in [0.15, 0.2) is 0 Å². The van der Waals surface area contributed by atoms with E-state index in [0.29, 0.717) is 10.7 Å². The normalized spacial score (nSPS) is 11.5. The standard InChI is InChI=1S/C17H19ClN2O3S/c1-13-10-15(18)8-9-16(13)19-17(21)12-20(24(2,22)23)11-14-6-4-3-5-7-14/h3-10H,11-12H2,1-2H3,(H,19,21). The van der Waals surface area contributed by atoms with Crippen LogP contribution in [0.5, 0.6) is 0 Å². The number of benzene rings is 2. The van der Waals surface area contributed by atoms with Crippen molar-refractivity contribution in [2.24, 2.45) is 0 Å². The van der Waals surface area contributed by atoms with Crippen molar-refractivity contribution in [3.05, 3.63) is 64.7 Å². The Morgan fingerprint density at radius 1 is 1.17 bits per heavy atom.